The molecule has 0 aromatic rings. The van der Waals surface area contributed by atoms with Crippen LogP contribution < -0.4 is 0 Å². The molecule has 1 aliphatic heterocycles. The first-order valence-electron chi connectivity index (χ1n) is 11.5. The van der Waals surface area contributed by atoms with Crippen LogP contribution >= 0.6 is 0 Å². The Morgan fingerprint density at radius 3 is 1.88 bits per heavy atom. The number of hydrogen-bond acceptors (Lipinski definition) is 6. The highest BCUT2D eigenvalue weighted by Gasteiger charge is 2.30. The molecule has 0 N–H and O–H groups in total. The standard InChI is InChI=1S/C25H38O6S/c1-2-3-4-5-6-7-8-9-10-11-12-13-14-15-16-17-18-19-20-21-25(26)29-22-24-23-30-32(27,28)31-24/h6-7,9-10,12-13,15-16,18-19,24H,2-5,8,11,14,17,20-23H2,1H3/b7-6-,10-9-,13-12-,16-15-,19-18-. The van der Waals surface area contributed by atoms with Gasteiger partial charge in [0.25, 0.3) is 0 Å². The van der Waals surface area contributed by atoms with Crippen LogP contribution in [0.4, 0.5) is 0 Å². The predicted molar refractivity (Wildman–Crippen MR) is 128 cm³/mol. The summed E-state index contributed by atoms with van der Waals surface area (Å²) in [5.41, 5.74) is 0. The molecule has 0 aromatic heterocycles. The summed E-state index contributed by atoms with van der Waals surface area (Å²) in [6.45, 7) is 1.98. The van der Waals surface area contributed by atoms with E-state index in [0.717, 1.165) is 25.7 Å². The van der Waals surface area contributed by atoms with E-state index in [9.17, 15) is 13.2 Å². The summed E-state index contributed by atoms with van der Waals surface area (Å²) in [7, 11) is -3.91. The summed E-state index contributed by atoms with van der Waals surface area (Å²) in [5.74, 6) is -0.389. The van der Waals surface area contributed by atoms with Crippen molar-refractivity contribution in [3.8, 4) is 0 Å². The molecule has 0 spiro atoms. The molecule has 32 heavy (non-hydrogen) atoms. The number of carbonyl (C=O) groups excluding carboxylic acids is 1. The van der Waals surface area contributed by atoms with Crippen LogP contribution in [-0.4, -0.2) is 33.7 Å². The van der Waals surface area contributed by atoms with Crippen molar-refractivity contribution in [3.05, 3.63) is 60.8 Å². The number of unbranched alkanes of at least 4 members (excludes halogenated alkanes) is 3. The maximum absolute atomic E-state index is 11.6. The molecule has 1 heterocycles. The molecule has 1 aliphatic rings. The van der Waals surface area contributed by atoms with Gasteiger partial charge < -0.3 is 4.74 Å². The second-order valence-electron chi connectivity index (χ2n) is 7.43. The van der Waals surface area contributed by atoms with Gasteiger partial charge in [-0.3, -0.25) is 4.79 Å². The molecule has 0 saturated carbocycles. The van der Waals surface area contributed by atoms with Crippen molar-refractivity contribution in [1.29, 1.82) is 0 Å². The van der Waals surface area contributed by atoms with Crippen LogP contribution in [0.1, 0.15) is 71.1 Å². The van der Waals surface area contributed by atoms with Crippen LogP contribution in [0.15, 0.2) is 60.8 Å². The number of ether oxygens (including phenoxy) is 1. The smallest absolute Gasteiger partial charge is 0.400 e. The number of rotatable bonds is 17. The second kappa shape index (κ2) is 18.6. The van der Waals surface area contributed by atoms with Gasteiger partial charge in [0.1, 0.15) is 12.7 Å². The molecule has 0 amide bonds. The summed E-state index contributed by atoms with van der Waals surface area (Å²) in [5, 5.41) is 0. The summed E-state index contributed by atoms with van der Waals surface area (Å²) >= 11 is 0. The lowest BCUT2D eigenvalue weighted by Crippen LogP contribution is -2.20. The zero-order valence-electron chi connectivity index (χ0n) is 19.2. The van der Waals surface area contributed by atoms with Crippen LogP contribution in [-0.2, 0) is 28.3 Å². The molecular formula is C25H38O6S. The molecule has 0 radical (unpaired) electrons. The molecule has 1 unspecified atom stereocenters. The zero-order valence-corrected chi connectivity index (χ0v) is 20.0. The number of carbonyl (C=O) groups is 1. The first-order valence-corrected chi connectivity index (χ1v) is 12.8. The van der Waals surface area contributed by atoms with Crippen molar-refractivity contribution in [3.63, 3.8) is 0 Å². The van der Waals surface area contributed by atoms with Crippen molar-refractivity contribution in [2.45, 2.75) is 77.2 Å². The third-order valence-corrected chi connectivity index (χ3v) is 5.43. The topological polar surface area (TPSA) is 78.9 Å². The molecule has 180 valence electrons. The van der Waals surface area contributed by atoms with Gasteiger partial charge in [-0.05, 0) is 44.9 Å². The van der Waals surface area contributed by atoms with Gasteiger partial charge in [0.2, 0.25) is 0 Å². The Bertz CT molecular complexity index is 746. The number of esters is 1. The molecule has 0 aromatic carbocycles. The van der Waals surface area contributed by atoms with Gasteiger partial charge in [-0.2, -0.15) is 8.42 Å². The normalized spacial score (nSPS) is 18.8. The van der Waals surface area contributed by atoms with Crippen molar-refractivity contribution < 1.29 is 26.3 Å². The Labute approximate surface area is 194 Å². The first kappa shape index (κ1) is 28.1. The highest BCUT2D eigenvalue weighted by Crippen LogP contribution is 2.13. The van der Waals surface area contributed by atoms with E-state index in [2.05, 4.69) is 63.9 Å². The fourth-order valence-electron chi connectivity index (χ4n) is 2.75. The summed E-state index contributed by atoms with van der Waals surface area (Å²) in [4.78, 5) is 11.6. The lowest BCUT2D eigenvalue weighted by atomic mass is 10.2. The minimum absolute atomic E-state index is 0.120. The molecule has 6 nitrogen and oxygen atoms in total. The van der Waals surface area contributed by atoms with Crippen molar-refractivity contribution in [2.24, 2.45) is 0 Å². The molecule has 1 fully saturated rings. The Morgan fingerprint density at radius 1 is 0.844 bits per heavy atom. The van der Waals surface area contributed by atoms with E-state index in [1.807, 2.05) is 12.2 Å². The van der Waals surface area contributed by atoms with E-state index >= 15 is 0 Å². The molecule has 1 rings (SSSR count). The van der Waals surface area contributed by atoms with Gasteiger partial charge in [0, 0.05) is 6.42 Å². The van der Waals surface area contributed by atoms with Gasteiger partial charge in [0.05, 0.1) is 6.61 Å². The molecule has 1 saturated heterocycles. The molecule has 1 atom stereocenters. The quantitative estimate of drug-likeness (QED) is 0.151. The van der Waals surface area contributed by atoms with Crippen molar-refractivity contribution in [1.82, 2.24) is 0 Å². The summed E-state index contributed by atoms with van der Waals surface area (Å²) in [6, 6.07) is 0. The minimum atomic E-state index is -3.91. The summed E-state index contributed by atoms with van der Waals surface area (Å²) < 4.78 is 35.9. The monoisotopic (exact) mass is 466 g/mol. The fourth-order valence-corrected chi connectivity index (χ4v) is 3.57. The molecule has 7 heteroatoms. The van der Waals surface area contributed by atoms with Gasteiger partial charge in [-0.25, -0.2) is 8.37 Å². The molecule has 0 aliphatic carbocycles. The van der Waals surface area contributed by atoms with E-state index < -0.39 is 16.5 Å². The number of hydrogen-bond donors (Lipinski definition) is 0. The van der Waals surface area contributed by atoms with E-state index in [1.165, 1.54) is 25.7 Å². The molecular weight excluding hydrogens is 428 g/mol. The SMILES string of the molecule is CCCCC/C=C\C/C=C\C/C=C\C/C=C\C/C=C\CCC(=O)OCC1COS(=O)(=O)O1. The third kappa shape index (κ3) is 16.7. The van der Waals surface area contributed by atoms with E-state index in [1.54, 1.807) is 0 Å². The van der Waals surface area contributed by atoms with Gasteiger partial charge in [-0.15, -0.1) is 0 Å². The fraction of sp³-hybridized carbons (Fsp3) is 0.560. The maximum Gasteiger partial charge on any atom is 0.400 e. The maximum atomic E-state index is 11.6. The lowest BCUT2D eigenvalue weighted by molar-refractivity contribution is -0.145. The van der Waals surface area contributed by atoms with E-state index in [-0.39, 0.29) is 25.6 Å². The van der Waals surface area contributed by atoms with Crippen molar-refractivity contribution in [2.75, 3.05) is 13.2 Å². The van der Waals surface area contributed by atoms with Crippen molar-refractivity contribution >= 4 is 16.4 Å². The second-order valence-corrected chi connectivity index (χ2v) is 8.67. The largest absolute Gasteiger partial charge is 0.463 e. The average molecular weight is 467 g/mol. The average Bonchev–Trinajstić information content (AvgIpc) is 3.12. The highest BCUT2D eigenvalue weighted by molar-refractivity contribution is 7.82. The Morgan fingerprint density at radius 2 is 1.38 bits per heavy atom. The van der Waals surface area contributed by atoms with Crippen LogP contribution in [0.2, 0.25) is 0 Å². The van der Waals surface area contributed by atoms with Crippen LogP contribution in [0.3, 0.4) is 0 Å². The predicted octanol–water partition coefficient (Wildman–Crippen LogP) is 5.89. The Hall–Kier alpha value is -1.96. The van der Waals surface area contributed by atoms with Gasteiger partial charge in [0.15, 0.2) is 0 Å². The third-order valence-electron chi connectivity index (χ3n) is 4.49. The molecule has 0 bridgehead atoms. The minimum Gasteiger partial charge on any atom is -0.463 e. The lowest BCUT2D eigenvalue weighted by Gasteiger charge is -2.06. The number of allylic oxidation sites excluding steroid dienone is 10. The van der Waals surface area contributed by atoms with E-state index in [0.29, 0.717) is 6.42 Å². The Kier molecular flexibility index (Phi) is 16.3. The van der Waals surface area contributed by atoms with E-state index in [4.69, 9.17) is 4.74 Å². The summed E-state index contributed by atoms with van der Waals surface area (Å²) in [6.07, 6.45) is 30.3. The van der Waals surface area contributed by atoms with Crippen LogP contribution in [0.25, 0.3) is 0 Å². The van der Waals surface area contributed by atoms with Gasteiger partial charge in [-0.1, -0.05) is 80.5 Å². The highest BCUT2D eigenvalue weighted by atomic mass is 32.3. The first-order chi connectivity index (χ1) is 15.5. The zero-order chi connectivity index (χ0) is 23.3. The van der Waals surface area contributed by atoms with Crippen LogP contribution in [0.5, 0.6) is 0 Å². The Balaban J connectivity index is 1.95. The van der Waals surface area contributed by atoms with Crippen LogP contribution in [0, 0.1) is 0 Å². The van der Waals surface area contributed by atoms with Gasteiger partial charge >= 0.3 is 16.4 Å².